The Morgan fingerprint density at radius 2 is 0.675 bits per heavy atom. The first-order valence-corrected chi connectivity index (χ1v) is 73.1. The van der Waals surface area contributed by atoms with Crippen molar-refractivity contribution < 1.29 is 94.1 Å². The first kappa shape index (κ1) is 175. The van der Waals surface area contributed by atoms with Crippen molar-refractivity contribution in [3.63, 3.8) is 0 Å². The Kier molecular flexibility index (Phi) is 133. The van der Waals surface area contributed by atoms with Gasteiger partial charge < -0.3 is 89.3 Å². The Morgan fingerprint density at radius 1 is 0.376 bits per heavy atom. The number of carbonyl (C=O) groups excluding carboxylic acids is 1. The molecule has 21 nitrogen and oxygen atoms in total. The van der Waals surface area contributed by atoms with Crippen molar-refractivity contribution in [2.75, 3.05) is 85.3 Å². The second-order valence-electron chi connectivity index (χ2n) is 30.6. The van der Waals surface area contributed by atoms with Crippen LogP contribution >= 0.6 is 11.8 Å². The molecule has 0 aliphatic carbocycles. The van der Waals surface area contributed by atoms with E-state index in [4.69, 9.17) is 79.1 Å². The van der Waals surface area contributed by atoms with E-state index in [1.54, 1.807) is 33.1 Å². The van der Waals surface area contributed by atoms with Gasteiger partial charge >= 0.3 is 83.0 Å². The molecule has 0 fully saturated rings. The van der Waals surface area contributed by atoms with Crippen molar-refractivity contribution in [3.8, 4) is 5.75 Å². The minimum absolute atomic E-state index is 0. The van der Waals surface area contributed by atoms with Crippen LogP contribution in [0.4, 0.5) is 0 Å². The van der Waals surface area contributed by atoms with Crippen LogP contribution in [0.15, 0.2) is 24.3 Å². The molecule has 0 spiro atoms. The Labute approximate surface area is 756 Å². The Morgan fingerprint density at radius 3 is 0.923 bits per heavy atom. The summed E-state index contributed by atoms with van der Waals surface area (Å²) in [7, 11) is -22.0. The zero-order chi connectivity index (χ0) is 80.6. The van der Waals surface area contributed by atoms with E-state index in [1.165, 1.54) is 24.4 Å². The van der Waals surface area contributed by atoms with Crippen LogP contribution in [0.3, 0.4) is 0 Å². The molecule has 738 valence electrons. The van der Waals surface area contributed by atoms with Gasteiger partial charge in [-0.15, -0.1) is 0 Å². The van der Waals surface area contributed by atoms with Gasteiger partial charge in [0, 0.05) is 46.9 Å². The lowest BCUT2D eigenvalue weighted by atomic mass is 10.1. The Hall–Kier alpha value is 0.723. The largest absolute Gasteiger partial charge is 0.491 e. The highest BCUT2D eigenvalue weighted by Gasteiger charge is 2.50. The third-order valence-corrected chi connectivity index (χ3v) is 56.3. The molecule has 0 aliphatic heterocycles. The van der Waals surface area contributed by atoms with Gasteiger partial charge in [-0.1, -0.05) is 192 Å². The quantitative estimate of drug-likeness (QED) is 0.0407. The lowest BCUT2D eigenvalue weighted by Gasteiger charge is -2.44. The summed E-state index contributed by atoms with van der Waals surface area (Å²) in [6, 6.07) is 9.30. The van der Waals surface area contributed by atoms with Gasteiger partial charge in [0.2, 0.25) is 8.32 Å². The fourth-order valence-electron chi connectivity index (χ4n) is 9.19. The summed E-state index contributed by atoms with van der Waals surface area (Å²) in [5.41, 5.74) is 1.24. The van der Waals surface area contributed by atoms with Crippen molar-refractivity contribution >= 4 is 120 Å². The van der Waals surface area contributed by atoms with E-state index in [-0.39, 0.29) is 149 Å². The molecule has 4 atom stereocenters. The van der Waals surface area contributed by atoms with E-state index in [1.807, 2.05) is 99.8 Å². The molecule has 1 rings (SSSR count). The van der Waals surface area contributed by atoms with Crippen molar-refractivity contribution in [1.29, 1.82) is 0 Å². The van der Waals surface area contributed by atoms with Gasteiger partial charge in [-0.05, 0) is 247 Å². The SMILES string of the molecule is C.C.C.C.C.C.C.C.C.C.C.C.C.C.C.C.CCC(O)COC[Si](C)(C)OC.CCCCc1ccccc1OCC(O)CC.CCOC(=O)C(C)CSCC.CCOCC.CCOCC(O)CC.CC[Si](C)(C)OC.CO[Si](C)(C)O[Si](C)(C)O[Si](C)(C)O[Si](C)(C)O[Si](C)(C)O[Si](C)(C)O[Si](C)(C)O[Si](C)(C)O[Si](C)(C)O[Si](C)(C)C. The number of thioether (sulfide) groups is 1. The number of para-hydroxylation sites is 1. The van der Waals surface area contributed by atoms with Crippen molar-refractivity contribution in [2.24, 2.45) is 5.92 Å². The van der Waals surface area contributed by atoms with E-state index < -0.39 is 102 Å². The summed E-state index contributed by atoms with van der Waals surface area (Å²) < 4.78 is 101. The molecule has 0 amide bonds. The summed E-state index contributed by atoms with van der Waals surface area (Å²) in [6.45, 7) is 78.4. The van der Waals surface area contributed by atoms with Crippen LogP contribution in [0, 0.1) is 5.92 Å². The van der Waals surface area contributed by atoms with Crippen LogP contribution < -0.4 is 4.74 Å². The average Bonchev–Trinajstić information content (AvgIpc) is 0.803. The highest BCUT2D eigenvalue weighted by Crippen LogP contribution is 2.31. The number of hydrogen-bond acceptors (Lipinski definition) is 22. The van der Waals surface area contributed by atoms with E-state index in [0.29, 0.717) is 39.3 Å². The fourth-order valence-corrected chi connectivity index (χ4v) is 59.4. The van der Waals surface area contributed by atoms with Crippen LogP contribution in [0.2, 0.25) is 170 Å². The molecule has 1 aromatic carbocycles. The zero-order valence-electron chi connectivity index (χ0n) is 72.2. The maximum absolute atomic E-state index is 11.0. The molecule has 0 radical (unpaired) electrons. The lowest BCUT2D eigenvalue weighted by molar-refractivity contribution is -0.146. The molecule has 0 saturated heterocycles. The number of ether oxygens (including phenoxy) is 5. The number of hydrogen-bond donors (Lipinski definition) is 3. The van der Waals surface area contributed by atoms with Crippen molar-refractivity contribution in [1.82, 2.24) is 0 Å². The summed E-state index contributed by atoms with van der Waals surface area (Å²) in [5.74, 6) is 2.82. The molecular weight excluding hydrogens is 1700 g/mol. The summed E-state index contributed by atoms with van der Waals surface area (Å²) >= 11 is 1.77. The average molecular weight is 1930 g/mol. The molecule has 3 N–H and O–H groups in total. The minimum atomic E-state index is -2.65. The van der Waals surface area contributed by atoms with E-state index in [9.17, 15) is 15.0 Å². The molecule has 117 heavy (non-hydrogen) atoms. The van der Waals surface area contributed by atoms with E-state index >= 15 is 0 Å². The number of carbonyl (C=O) groups is 1. The smallest absolute Gasteiger partial charge is 0.322 e. The van der Waals surface area contributed by atoms with Gasteiger partial charge in [0.05, 0.1) is 50.3 Å². The molecule has 0 saturated carbocycles. The van der Waals surface area contributed by atoms with Crippen LogP contribution in [-0.4, -0.2) is 227 Å². The molecule has 4 unspecified atom stereocenters. The van der Waals surface area contributed by atoms with Crippen molar-refractivity contribution in [3.05, 3.63) is 29.8 Å². The van der Waals surface area contributed by atoms with Gasteiger partial charge in [0.1, 0.15) is 12.4 Å². The topological polar surface area (TPSA) is 235 Å². The van der Waals surface area contributed by atoms with Gasteiger partial charge in [-0.3, -0.25) is 4.79 Å². The maximum Gasteiger partial charge on any atom is 0.322 e. The molecule has 0 aromatic heterocycles. The molecule has 1 aromatic rings. The molecule has 0 bridgehead atoms. The Balaban J connectivity index is -0.0000000503. The number of esters is 1. The van der Waals surface area contributed by atoms with Crippen LogP contribution in [0.5, 0.6) is 5.75 Å². The zero-order valence-corrected chi connectivity index (χ0v) is 85.1. The number of unbranched alkanes of at least 4 members (excludes halogenated alkanes) is 1. The Bertz CT molecular complexity index is 2170. The summed E-state index contributed by atoms with van der Waals surface area (Å²) in [6.07, 6.45) is 5.37. The third kappa shape index (κ3) is 113. The second kappa shape index (κ2) is 88.7. The standard InChI is InChI=1S/C22H66O10Si10.C14H22O2.C8H20O3Si.C8H16O2S.C6H14O2.C5H14OSi.C4H10O.16CH4/c1-23-34(5,6)25-36(9,10)27-38(13,14)29-40(17,18)31-42(21,22)32-41(19,20)30-39(15,16)28-37(11,12)26-35(7,8)24-33(2,3)4;1-3-5-8-12-9-6-7-10-14(12)16-11-13(15)4-2;1-5-8(9)6-11-7-12(3,4)10-2;1-4-10-8(9)7(3)6-11-5-2;1-3-6(7)5-8-4-2;1-5-7(3,4)6-2;1-3-5-4-2;;;;;;;;;;;;;;;;/h1-22H3;6-7,9-10,13,15H,3-5,8,11H2,1-2H3;8-9H,5-7H2,1-4H3;7H,4-6H2,1-3H3;6-7H,3-5H2,1-2H3;5H2,1-4H3;3-4H2,1-2H3;16*1H4. The van der Waals surface area contributed by atoms with Crippen LogP contribution in [-0.2, 0) is 80.5 Å². The van der Waals surface area contributed by atoms with Crippen molar-refractivity contribution in [2.45, 2.75) is 422 Å². The normalized spacial score (nSPS) is 12.1. The van der Waals surface area contributed by atoms with Gasteiger partial charge in [-0.25, -0.2) is 0 Å². The summed E-state index contributed by atoms with van der Waals surface area (Å²) in [5, 5.41) is 27.5. The maximum atomic E-state index is 11.0. The predicted octanol–water partition coefficient (Wildman–Crippen LogP) is 28.1. The van der Waals surface area contributed by atoms with E-state index in [2.05, 4.69) is 164 Å². The second-order valence-corrected chi connectivity index (χ2v) is 77.9. The molecular formula is C83H226O21SSi12. The third-order valence-electron chi connectivity index (χ3n) is 13.5. The highest BCUT2D eigenvalue weighted by molar-refractivity contribution is 7.99. The minimum Gasteiger partial charge on any atom is -0.491 e. The highest BCUT2D eigenvalue weighted by atomic mass is 32.2. The van der Waals surface area contributed by atoms with Gasteiger partial charge in [0.15, 0.2) is 16.6 Å². The first-order valence-electron chi connectivity index (χ1n) is 37.0. The number of benzene rings is 1. The van der Waals surface area contributed by atoms with Crippen LogP contribution in [0.25, 0.3) is 0 Å². The summed E-state index contributed by atoms with van der Waals surface area (Å²) in [4.78, 5) is 11.0. The van der Waals surface area contributed by atoms with E-state index in [0.717, 1.165) is 56.2 Å². The first-order chi connectivity index (χ1) is 45.8. The number of aliphatic hydroxyl groups is 3. The molecule has 0 heterocycles. The lowest BCUT2D eigenvalue weighted by Crippen LogP contribution is -2.62. The number of rotatable bonds is 45. The molecule has 34 heteroatoms. The fraction of sp³-hybridized carbons (Fsp3) is 0.916. The monoisotopic (exact) mass is 1930 g/mol. The number of aliphatic hydroxyl groups excluding tert-OH is 3. The predicted molar refractivity (Wildman–Crippen MR) is 562 cm³/mol. The van der Waals surface area contributed by atoms with Gasteiger partial charge in [-0.2, -0.15) is 11.8 Å². The van der Waals surface area contributed by atoms with Gasteiger partial charge in [0.25, 0.3) is 0 Å². The number of aryl methyl sites for hydroxylation is 1. The van der Waals surface area contributed by atoms with Crippen LogP contribution in [0.1, 0.15) is 233 Å². The molecule has 0 aliphatic rings.